The standard InChI is InChI=1S/C30H26F3N3O4S/c1-17(36-28(38)24-15-20(30(31,32)33)9-14-25(24)34-35-36)22-12-13-23(26(22)29(39)40)27(37)19-7-10-21(11-8-19)41-16-18-5-3-2-4-6-18/h2-11,14-15,17,22-23,26H,12-13,16H2,1H3,(H,39,40). The van der Waals surface area contributed by atoms with Crippen molar-refractivity contribution in [3.05, 3.63) is 99.8 Å². The third-order valence-electron chi connectivity index (χ3n) is 7.73. The number of thioether (sulfide) groups is 1. The highest BCUT2D eigenvalue weighted by atomic mass is 32.2. The maximum Gasteiger partial charge on any atom is 0.416 e. The first kappa shape index (κ1) is 28.5. The Morgan fingerprint density at radius 2 is 1.76 bits per heavy atom. The second kappa shape index (κ2) is 11.5. The molecule has 1 fully saturated rings. The molecule has 1 saturated carbocycles. The van der Waals surface area contributed by atoms with E-state index < -0.39 is 47.1 Å². The number of carboxylic acid groups (broad SMARTS) is 1. The molecule has 4 aromatic rings. The molecular formula is C30H26F3N3O4S. The summed E-state index contributed by atoms with van der Waals surface area (Å²) in [5.41, 5.74) is -0.207. The molecule has 3 aromatic carbocycles. The summed E-state index contributed by atoms with van der Waals surface area (Å²) in [4.78, 5) is 40.0. The molecule has 41 heavy (non-hydrogen) atoms. The highest BCUT2D eigenvalue weighted by molar-refractivity contribution is 7.98. The zero-order valence-corrected chi connectivity index (χ0v) is 22.7. The van der Waals surface area contributed by atoms with Gasteiger partial charge in [0.2, 0.25) is 0 Å². The number of ketones is 1. The highest BCUT2D eigenvalue weighted by Crippen LogP contribution is 2.44. The van der Waals surface area contributed by atoms with Gasteiger partial charge in [-0.2, -0.15) is 13.2 Å². The van der Waals surface area contributed by atoms with Gasteiger partial charge in [0, 0.05) is 22.1 Å². The van der Waals surface area contributed by atoms with Gasteiger partial charge in [-0.1, -0.05) is 47.7 Å². The molecule has 212 valence electrons. The van der Waals surface area contributed by atoms with Crippen molar-refractivity contribution in [3.8, 4) is 0 Å². The number of hydrogen-bond acceptors (Lipinski definition) is 6. The molecular weight excluding hydrogens is 555 g/mol. The van der Waals surface area contributed by atoms with Gasteiger partial charge in [0.25, 0.3) is 5.56 Å². The summed E-state index contributed by atoms with van der Waals surface area (Å²) in [5.74, 6) is -3.27. The molecule has 1 heterocycles. The third-order valence-corrected chi connectivity index (χ3v) is 8.81. The van der Waals surface area contributed by atoms with E-state index >= 15 is 0 Å². The van der Waals surface area contributed by atoms with Crippen LogP contribution < -0.4 is 5.56 Å². The maximum atomic E-state index is 13.5. The summed E-state index contributed by atoms with van der Waals surface area (Å²) >= 11 is 1.62. The second-order valence-corrected chi connectivity index (χ2v) is 11.2. The Morgan fingerprint density at radius 3 is 2.41 bits per heavy atom. The Labute approximate surface area is 237 Å². The molecule has 1 aliphatic carbocycles. The molecule has 0 amide bonds. The minimum Gasteiger partial charge on any atom is -0.481 e. The number of halogens is 3. The van der Waals surface area contributed by atoms with Crippen molar-refractivity contribution in [3.63, 3.8) is 0 Å². The normalized spacial score (nSPS) is 19.8. The lowest BCUT2D eigenvalue weighted by Gasteiger charge is -2.26. The van der Waals surface area contributed by atoms with Gasteiger partial charge in [-0.05, 0) is 61.6 Å². The number of Topliss-reactive ketones (excluding diaryl/α,β-unsaturated/α-hetero) is 1. The number of aromatic nitrogens is 3. The molecule has 4 unspecified atom stereocenters. The average Bonchev–Trinajstić information content (AvgIpc) is 3.42. The van der Waals surface area contributed by atoms with E-state index in [-0.39, 0.29) is 16.7 Å². The van der Waals surface area contributed by atoms with Crippen LogP contribution in [-0.4, -0.2) is 31.9 Å². The van der Waals surface area contributed by atoms with E-state index in [4.69, 9.17) is 0 Å². The largest absolute Gasteiger partial charge is 0.481 e. The summed E-state index contributed by atoms with van der Waals surface area (Å²) in [7, 11) is 0. The molecule has 0 radical (unpaired) electrons. The lowest BCUT2D eigenvalue weighted by Crippen LogP contribution is -2.37. The number of carbonyl (C=O) groups excluding carboxylic acids is 1. The molecule has 1 N–H and O–H groups in total. The topological polar surface area (TPSA) is 102 Å². The lowest BCUT2D eigenvalue weighted by molar-refractivity contribution is -0.144. The van der Waals surface area contributed by atoms with Gasteiger partial charge in [0.15, 0.2) is 5.78 Å². The molecule has 0 bridgehead atoms. The summed E-state index contributed by atoms with van der Waals surface area (Å²) in [6.45, 7) is 1.59. The van der Waals surface area contributed by atoms with Crippen molar-refractivity contribution in [1.82, 2.24) is 15.0 Å². The summed E-state index contributed by atoms with van der Waals surface area (Å²) in [6, 6.07) is 18.9. The number of carbonyl (C=O) groups is 2. The predicted octanol–water partition coefficient (Wildman–Crippen LogP) is 6.27. The van der Waals surface area contributed by atoms with E-state index in [1.165, 1.54) is 5.56 Å². The second-order valence-electron chi connectivity index (χ2n) is 10.2. The van der Waals surface area contributed by atoms with Crippen molar-refractivity contribution >= 4 is 34.4 Å². The van der Waals surface area contributed by atoms with Crippen LogP contribution >= 0.6 is 11.8 Å². The Kier molecular flexibility index (Phi) is 7.99. The maximum absolute atomic E-state index is 13.5. The quantitative estimate of drug-likeness (QED) is 0.193. The molecule has 4 atom stereocenters. The highest BCUT2D eigenvalue weighted by Gasteiger charge is 2.47. The van der Waals surface area contributed by atoms with Crippen LogP contribution in [0.4, 0.5) is 13.2 Å². The number of alkyl halides is 3. The summed E-state index contributed by atoms with van der Waals surface area (Å²) in [6.07, 6.45) is -4.02. The molecule has 11 heteroatoms. The van der Waals surface area contributed by atoms with Crippen molar-refractivity contribution in [1.29, 1.82) is 0 Å². The smallest absolute Gasteiger partial charge is 0.416 e. The average molecular weight is 582 g/mol. The Bertz CT molecular complexity index is 1640. The fourth-order valence-corrected chi connectivity index (χ4v) is 6.42. The van der Waals surface area contributed by atoms with Crippen LogP contribution in [0.25, 0.3) is 10.9 Å². The van der Waals surface area contributed by atoms with Gasteiger partial charge in [-0.3, -0.25) is 14.4 Å². The SMILES string of the molecule is CC(C1CCC(C(=O)c2ccc(SCc3ccccc3)cc2)C1C(=O)O)n1nnc2ccc(C(F)(F)F)cc2c1=O. The van der Waals surface area contributed by atoms with E-state index in [0.29, 0.717) is 18.4 Å². The Morgan fingerprint density at radius 1 is 1.05 bits per heavy atom. The number of aliphatic carboxylic acids is 1. The van der Waals surface area contributed by atoms with E-state index in [0.717, 1.165) is 33.5 Å². The first-order valence-electron chi connectivity index (χ1n) is 13.0. The Balaban J connectivity index is 1.35. The number of rotatable bonds is 8. The van der Waals surface area contributed by atoms with Gasteiger partial charge in [0.1, 0.15) is 5.52 Å². The van der Waals surface area contributed by atoms with E-state index in [2.05, 4.69) is 10.3 Å². The Hall–Kier alpha value is -3.99. The van der Waals surface area contributed by atoms with Crippen LogP contribution in [0, 0.1) is 17.8 Å². The van der Waals surface area contributed by atoms with E-state index in [9.17, 15) is 32.7 Å². The predicted molar refractivity (Wildman–Crippen MR) is 148 cm³/mol. The molecule has 0 spiro atoms. The molecule has 0 aliphatic heterocycles. The van der Waals surface area contributed by atoms with Gasteiger partial charge in [-0.15, -0.1) is 16.9 Å². The van der Waals surface area contributed by atoms with E-state index in [1.807, 2.05) is 42.5 Å². The summed E-state index contributed by atoms with van der Waals surface area (Å²) in [5, 5.41) is 17.7. The van der Waals surface area contributed by atoms with Crippen molar-refractivity contribution in [2.45, 2.75) is 42.6 Å². The number of fused-ring (bicyclic) bond motifs is 1. The van der Waals surface area contributed by atoms with Gasteiger partial charge >= 0.3 is 12.1 Å². The van der Waals surface area contributed by atoms with Crippen LogP contribution in [0.1, 0.15) is 47.3 Å². The van der Waals surface area contributed by atoms with Crippen LogP contribution in [-0.2, 0) is 16.7 Å². The molecule has 0 saturated heterocycles. The first-order valence-corrected chi connectivity index (χ1v) is 14.0. The van der Waals surface area contributed by atoms with E-state index in [1.54, 1.807) is 30.8 Å². The minimum atomic E-state index is -4.65. The van der Waals surface area contributed by atoms with Gasteiger partial charge in [-0.25, -0.2) is 4.68 Å². The fraction of sp³-hybridized carbons (Fsp3) is 0.300. The van der Waals surface area contributed by atoms with Gasteiger partial charge < -0.3 is 5.11 Å². The number of hydrogen-bond donors (Lipinski definition) is 1. The summed E-state index contributed by atoms with van der Waals surface area (Å²) < 4.78 is 40.7. The number of carboxylic acids is 1. The minimum absolute atomic E-state index is 0.00564. The van der Waals surface area contributed by atoms with Gasteiger partial charge in [0.05, 0.1) is 22.9 Å². The van der Waals surface area contributed by atoms with Crippen LogP contribution in [0.15, 0.2) is 82.5 Å². The van der Waals surface area contributed by atoms with Crippen molar-refractivity contribution in [2.75, 3.05) is 0 Å². The zero-order valence-electron chi connectivity index (χ0n) is 21.9. The molecule has 1 aromatic heterocycles. The molecule has 1 aliphatic rings. The first-order chi connectivity index (χ1) is 19.5. The monoisotopic (exact) mass is 581 g/mol. The van der Waals surface area contributed by atoms with Crippen LogP contribution in [0.5, 0.6) is 0 Å². The fourth-order valence-electron chi connectivity index (χ4n) is 5.57. The van der Waals surface area contributed by atoms with Crippen LogP contribution in [0.3, 0.4) is 0 Å². The molecule has 5 rings (SSSR count). The van der Waals surface area contributed by atoms with Crippen LogP contribution in [0.2, 0.25) is 0 Å². The van der Waals surface area contributed by atoms with Crippen molar-refractivity contribution < 1.29 is 27.9 Å². The number of nitrogens with zero attached hydrogens (tertiary/aromatic N) is 3. The molecule has 7 nitrogen and oxygen atoms in total. The lowest BCUT2D eigenvalue weighted by atomic mass is 9.82. The zero-order chi connectivity index (χ0) is 29.3. The van der Waals surface area contributed by atoms with Crippen molar-refractivity contribution in [2.24, 2.45) is 17.8 Å². The third kappa shape index (κ3) is 5.90. The number of benzene rings is 3.